The number of amides is 1. The quantitative estimate of drug-likeness (QED) is 0.483. The molecule has 2 N–H and O–H groups in total. The highest BCUT2D eigenvalue weighted by atomic mass is 19.4. The van der Waals surface area contributed by atoms with Gasteiger partial charge in [0, 0.05) is 26.2 Å². The number of carbonyl (C=O) groups excluding carboxylic acids is 1. The minimum atomic E-state index is -4.86. The average Bonchev–Trinajstić information content (AvgIpc) is 3.35. The molecule has 0 aliphatic carbocycles. The summed E-state index contributed by atoms with van der Waals surface area (Å²) in [5, 5.41) is 11.8. The predicted octanol–water partition coefficient (Wildman–Crippen LogP) is 4.84. The van der Waals surface area contributed by atoms with Gasteiger partial charge >= 0.3 is 12.1 Å². The van der Waals surface area contributed by atoms with Crippen molar-refractivity contribution in [3.05, 3.63) is 64.7 Å². The monoisotopic (exact) mass is 529 g/mol. The Hall–Kier alpha value is -4.09. The fraction of sp³-hybridized carbons (Fsp3) is 0.385. The number of halogens is 3. The summed E-state index contributed by atoms with van der Waals surface area (Å²) in [6, 6.07) is 8.14. The van der Waals surface area contributed by atoms with Crippen molar-refractivity contribution < 1.29 is 32.3 Å². The molecule has 1 atom stereocenters. The Morgan fingerprint density at radius 1 is 1.16 bits per heavy atom. The largest absolute Gasteiger partial charge is 0.478 e. The van der Waals surface area contributed by atoms with Crippen molar-refractivity contribution in [2.75, 3.05) is 34.8 Å². The molecular formula is C26H26F3N5O4. The Morgan fingerprint density at radius 3 is 2.66 bits per heavy atom. The number of carboxylic acid groups (broad SMARTS) is 1. The summed E-state index contributed by atoms with van der Waals surface area (Å²) in [6.45, 7) is 4.01. The van der Waals surface area contributed by atoms with E-state index in [0.717, 1.165) is 24.0 Å². The standard InChI is InChI=1S/C26H26F3N5O4/c1-15-4-3-10-34(13-15)25-32-22(26(27,28)29)21(38-25)23(35)31-17-7-8-20(30-12-17)33-11-9-18-16(14-33)5-2-6-19(18)24(36)37/h2,5-8,12,15H,3-4,9-11,13-14H2,1H3,(H,31,35)(H,36,37). The van der Waals surface area contributed by atoms with E-state index in [1.807, 2.05) is 17.9 Å². The summed E-state index contributed by atoms with van der Waals surface area (Å²) < 4.78 is 46.4. The molecule has 5 rings (SSSR count). The molecule has 1 unspecified atom stereocenters. The summed E-state index contributed by atoms with van der Waals surface area (Å²) in [4.78, 5) is 35.9. The molecule has 0 spiro atoms. The van der Waals surface area contributed by atoms with Crippen LogP contribution in [0.25, 0.3) is 0 Å². The maximum absolute atomic E-state index is 13.7. The highest BCUT2D eigenvalue weighted by Gasteiger charge is 2.42. The van der Waals surface area contributed by atoms with Crippen LogP contribution in [0.15, 0.2) is 40.9 Å². The minimum Gasteiger partial charge on any atom is -0.478 e. The summed E-state index contributed by atoms with van der Waals surface area (Å²) in [5.74, 6) is -2.06. The number of alkyl halides is 3. The van der Waals surface area contributed by atoms with Crippen LogP contribution in [-0.2, 0) is 19.1 Å². The van der Waals surface area contributed by atoms with Gasteiger partial charge in [0.2, 0.25) is 5.76 Å². The number of piperidine rings is 1. The number of rotatable bonds is 5. The zero-order valence-electron chi connectivity index (χ0n) is 20.6. The van der Waals surface area contributed by atoms with Crippen LogP contribution in [0.1, 0.15) is 57.5 Å². The summed E-state index contributed by atoms with van der Waals surface area (Å²) >= 11 is 0. The third-order valence-corrected chi connectivity index (χ3v) is 6.84. The average molecular weight is 530 g/mol. The van der Waals surface area contributed by atoms with Crippen molar-refractivity contribution >= 4 is 29.4 Å². The van der Waals surface area contributed by atoms with E-state index in [1.165, 1.54) is 6.20 Å². The molecular weight excluding hydrogens is 503 g/mol. The molecule has 1 amide bonds. The number of aromatic nitrogens is 2. The highest BCUT2D eigenvalue weighted by Crippen LogP contribution is 2.35. The van der Waals surface area contributed by atoms with Crippen LogP contribution >= 0.6 is 0 Å². The van der Waals surface area contributed by atoms with Crippen LogP contribution in [0.2, 0.25) is 0 Å². The van der Waals surface area contributed by atoms with Gasteiger partial charge in [-0.2, -0.15) is 18.2 Å². The Kier molecular flexibility index (Phi) is 6.72. The van der Waals surface area contributed by atoms with Crippen LogP contribution in [0.3, 0.4) is 0 Å². The van der Waals surface area contributed by atoms with Crippen molar-refractivity contribution in [2.24, 2.45) is 5.92 Å². The Bertz CT molecular complexity index is 1360. The second-order valence-electron chi connectivity index (χ2n) is 9.64. The van der Waals surface area contributed by atoms with E-state index < -0.39 is 29.5 Å². The molecule has 1 aromatic carbocycles. The van der Waals surface area contributed by atoms with E-state index in [1.54, 1.807) is 29.2 Å². The molecule has 2 aromatic heterocycles. The number of pyridine rings is 1. The fourth-order valence-electron chi connectivity index (χ4n) is 4.99. The molecule has 4 heterocycles. The normalized spacial score (nSPS) is 17.7. The molecule has 0 bridgehead atoms. The smallest absolute Gasteiger partial charge is 0.437 e. The fourth-order valence-corrected chi connectivity index (χ4v) is 4.99. The topological polar surface area (TPSA) is 112 Å². The van der Waals surface area contributed by atoms with Crippen molar-refractivity contribution in [3.63, 3.8) is 0 Å². The zero-order valence-corrected chi connectivity index (χ0v) is 20.6. The number of anilines is 3. The molecule has 12 heteroatoms. The molecule has 1 saturated heterocycles. The van der Waals surface area contributed by atoms with E-state index >= 15 is 0 Å². The van der Waals surface area contributed by atoms with Gasteiger partial charge < -0.3 is 24.6 Å². The third-order valence-electron chi connectivity index (χ3n) is 6.84. The lowest BCUT2D eigenvalue weighted by atomic mass is 9.94. The zero-order chi connectivity index (χ0) is 27.0. The van der Waals surface area contributed by atoms with Gasteiger partial charge in [-0.15, -0.1) is 0 Å². The van der Waals surface area contributed by atoms with Gasteiger partial charge in [0.15, 0.2) is 5.69 Å². The van der Waals surface area contributed by atoms with Gasteiger partial charge in [-0.25, -0.2) is 9.78 Å². The summed E-state index contributed by atoms with van der Waals surface area (Å²) in [7, 11) is 0. The molecule has 0 saturated carbocycles. The van der Waals surface area contributed by atoms with Crippen LogP contribution < -0.4 is 15.1 Å². The van der Waals surface area contributed by atoms with Gasteiger partial charge in [-0.05, 0) is 54.5 Å². The highest BCUT2D eigenvalue weighted by molar-refractivity contribution is 6.03. The number of aromatic carboxylic acids is 1. The first-order valence-corrected chi connectivity index (χ1v) is 12.3. The van der Waals surface area contributed by atoms with Crippen LogP contribution in [-0.4, -0.2) is 46.6 Å². The van der Waals surface area contributed by atoms with Crippen molar-refractivity contribution in [2.45, 2.75) is 38.9 Å². The van der Waals surface area contributed by atoms with Crippen molar-refractivity contribution in [1.82, 2.24) is 9.97 Å². The number of oxazole rings is 1. The SMILES string of the molecule is CC1CCCN(c2nc(C(F)(F)F)c(C(=O)Nc3ccc(N4CCc5c(cccc5C(=O)O)C4)nc3)o2)C1. The van der Waals surface area contributed by atoms with Gasteiger partial charge in [-0.3, -0.25) is 4.79 Å². The van der Waals surface area contributed by atoms with Gasteiger partial charge in [0.25, 0.3) is 11.9 Å². The first-order chi connectivity index (χ1) is 18.1. The number of nitrogens with one attached hydrogen (secondary N) is 1. The van der Waals surface area contributed by atoms with E-state index in [0.29, 0.717) is 38.4 Å². The minimum absolute atomic E-state index is 0.196. The number of hydrogen-bond donors (Lipinski definition) is 2. The molecule has 9 nitrogen and oxygen atoms in total. The Labute approximate surface area is 216 Å². The molecule has 1 fully saturated rings. The predicted molar refractivity (Wildman–Crippen MR) is 132 cm³/mol. The first kappa shape index (κ1) is 25.6. The molecule has 3 aromatic rings. The Morgan fingerprint density at radius 2 is 1.97 bits per heavy atom. The number of carboxylic acids is 1. The lowest BCUT2D eigenvalue weighted by Gasteiger charge is -2.30. The number of fused-ring (bicyclic) bond motifs is 1. The Balaban J connectivity index is 1.31. The van der Waals surface area contributed by atoms with E-state index in [2.05, 4.69) is 15.3 Å². The number of hydrogen-bond acceptors (Lipinski definition) is 7. The van der Waals surface area contributed by atoms with Crippen LogP contribution in [0.5, 0.6) is 0 Å². The molecule has 200 valence electrons. The van der Waals surface area contributed by atoms with E-state index in [-0.39, 0.29) is 23.2 Å². The lowest BCUT2D eigenvalue weighted by Crippen LogP contribution is -2.34. The molecule has 0 radical (unpaired) electrons. The lowest BCUT2D eigenvalue weighted by molar-refractivity contribution is -0.141. The van der Waals surface area contributed by atoms with E-state index in [4.69, 9.17) is 4.42 Å². The number of nitrogens with zero attached hydrogens (tertiary/aromatic N) is 4. The molecule has 2 aliphatic heterocycles. The van der Waals surface area contributed by atoms with E-state index in [9.17, 15) is 27.9 Å². The third kappa shape index (κ3) is 5.15. The first-order valence-electron chi connectivity index (χ1n) is 12.3. The summed E-state index contributed by atoms with van der Waals surface area (Å²) in [5.41, 5.74) is 0.810. The van der Waals surface area contributed by atoms with Gasteiger partial charge in [-0.1, -0.05) is 19.1 Å². The number of benzene rings is 1. The van der Waals surface area contributed by atoms with Crippen molar-refractivity contribution in [3.8, 4) is 0 Å². The van der Waals surface area contributed by atoms with Crippen LogP contribution in [0.4, 0.5) is 30.7 Å². The molecule has 38 heavy (non-hydrogen) atoms. The summed E-state index contributed by atoms with van der Waals surface area (Å²) in [6.07, 6.45) is -1.21. The maximum Gasteiger partial charge on any atom is 0.437 e. The molecule has 2 aliphatic rings. The van der Waals surface area contributed by atoms with Gasteiger partial charge in [0.05, 0.1) is 17.4 Å². The van der Waals surface area contributed by atoms with Gasteiger partial charge in [0.1, 0.15) is 5.82 Å². The number of carbonyl (C=O) groups is 2. The second kappa shape index (κ2) is 9.99. The second-order valence-corrected chi connectivity index (χ2v) is 9.64. The van der Waals surface area contributed by atoms with Crippen LogP contribution in [0, 0.1) is 5.92 Å². The van der Waals surface area contributed by atoms with Crippen molar-refractivity contribution in [1.29, 1.82) is 0 Å². The maximum atomic E-state index is 13.7.